The van der Waals surface area contributed by atoms with Crippen LogP contribution in [-0.4, -0.2) is 21.0 Å². The van der Waals surface area contributed by atoms with Crippen LogP contribution in [0.5, 0.6) is 0 Å². The summed E-state index contributed by atoms with van der Waals surface area (Å²) < 4.78 is 6.27. The van der Waals surface area contributed by atoms with Crippen molar-refractivity contribution in [2.45, 2.75) is 33.7 Å². The van der Waals surface area contributed by atoms with Gasteiger partial charge in [0.05, 0.1) is 17.1 Å². The van der Waals surface area contributed by atoms with E-state index in [1.165, 1.54) is 0 Å². The van der Waals surface area contributed by atoms with Crippen LogP contribution in [-0.2, 0) is 0 Å². The first-order valence-corrected chi connectivity index (χ1v) is 10.2. The van der Waals surface area contributed by atoms with Gasteiger partial charge in [0.15, 0.2) is 16.9 Å². The Balaban J connectivity index is 1.88. The van der Waals surface area contributed by atoms with Gasteiger partial charge in [-0.25, -0.2) is 9.78 Å². The molecule has 32 heavy (non-hydrogen) atoms. The molecule has 0 fully saturated rings. The van der Waals surface area contributed by atoms with Gasteiger partial charge in [0.1, 0.15) is 11.3 Å². The Hall–Kier alpha value is -4.00. The van der Waals surface area contributed by atoms with Crippen molar-refractivity contribution >= 4 is 22.6 Å². The molecule has 1 atom stereocenters. The van der Waals surface area contributed by atoms with E-state index in [1.807, 2.05) is 32.0 Å². The molecule has 0 unspecified atom stereocenters. The van der Waals surface area contributed by atoms with Gasteiger partial charge in [-0.1, -0.05) is 12.1 Å². The first-order chi connectivity index (χ1) is 15.3. The quantitative estimate of drug-likeness (QED) is 0.457. The van der Waals surface area contributed by atoms with Crippen molar-refractivity contribution in [1.29, 1.82) is 0 Å². The maximum atomic E-state index is 13.2. The lowest BCUT2D eigenvalue weighted by Crippen LogP contribution is -2.15. The van der Waals surface area contributed by atoms with E-state index < -0.39 is 5.97 Å². The number of carbonyl (C=O) groups is 1. The molecule has 4 rings (SSSR count). The molecule has 0 aliphatic rings. The van der Waals surface area contributed by atoms with Gasteiger partial charge in [-0.05, 0) is 63.6 Å². The zero-order valence-corrected chi connectivity index (χ0v) is 18.3. The average Bonchev–Trinajstić information content (AvgIpc) is 2.77. The van der Waals surface area contributed by atoms with Gasteiger partial charge in [-0.15, -0.1) is 0 Å². The predicted molar refractivity (Wildman–Crippen MR) is 123 cm³/mol. The number of carboxylic acids is 1. The van der Waals surface area contributed by atoms with Crippen molar-refractivity contribution in [3.8, 4) is 11.5 Å². The molecule has 162 valence electrons. The summed E-state index contributed by atoms with van der Waals surface area (Å²) in [5, 5.41) is 13.3. The van der Waals surface area contributed by atoms with Gasteiger partial charge in [-0.3, -0.25) is 9.78 Å². The molecular weight excluding hydrogens is 406 g/mol. The van der Waals surface area contributed by atoms with Gasteiger partial charge in [0.2, 0.25) is 0 Å². The summed E-state index contributed by atoms with van der Waals surface area (Å²) in [4.78, 5) is 33.3. The van der Waals surface area contributed by atoms with E-state index in [2.05, 4.69) is 15.3 Å². The topological polar surface area (TPSA) is 105 Å². The van der Waals surface area contributed by atoms with Gasteiger partial charge in [0, 0.05) is 23.0 Å². The SMILES string of the molecule is Cc1cc([C@@H](C)Nc2ccc(C)nc2C(=O)O)c2oc(-c3ccccn3)c(C)c(=O)c2c1. The molecule has 0 radical (unpaired) electrons. The lowest BCUT2D eigenvalue weighted by Gasteiger charge is -2.19. The average molecular weight is 429 g/mol. The van der Waals surface area contributed by atoms with Crippen molar-refractivity contribution in [2.75, 3.05) is 5.32 Å². The molecule has 0 spiro atoms. The fourth-order valence-electron chi connectivity index (χ4n) is 3.78. The Bertz CT molecular complexity index is 1390. The van der Waals surface area contributed by atoms with Crippen LogP contribution in [0.1, 0.15) is 45.8 Å². The summed E-state index contributed by atoms with van der Waals surface area (Å²) in [6.45, 7) is 7.27. The van der Waals surface area contributed by atoms with E-state index in [0.717, 1.165) is 11.1 Å². The number of hydrogen-bond donors (Lipinski definition) is 2. The highest BCUT2D eigenvalue weighted by atomic mass is 16.4. The molecule has 7 heteroatoms. The lowest BCUT2D eigenvalue weighted by molar-refractivity contribution is 0.0691. The predicted octanol–water partition coefficient (Wildman–Crippen LogP) is 5.05. The summed E-state index contributed by atoms with van der Waals surface area (Å²) in [5.41, 5.74) is 3.99. The Kier molecular flexibility index (Phi) is 5.48. The molecule has 3 heterocycles. The van der Waals surface area contributed by atoms with Crippen molar-refractivity contribution in [1.82, 2.24) is 9.97 Å². The molecule has 7 nitrogen and oxygen atoms in total. The fourth-order valence-corrected chi connectivity index (χ4v) is 3.78. The maximum Gasteiger partial charge on any atom is 0.356 e. The van der Waals surface area contributed by atoms with Gasteiger partial charge in [0.25, 0.3) is 0 Å². The largest absolute Gasteiger partial charge is 0.476 e. The lowest BCUT2D eigenvalue weighted by atomic mass is 9.99. The first kappa shape index (κ1) is 21.2. The van der Waals surface area contributed by atoms with E-state index in [4.69, 9.17) is 4.42 Å². The molecule has 0 aliphatic heterocycles. The molecule has 0 saturated carbocycles. The number of benzene rings is 1. The van der Waals surface area contributed by atoms with Crippen LogP contribution in [0.3, 0.4) is 0 Å². The highest BCUT2D eigenvalue weighted by Gasteiger charge is 2.21. The summed E-state index contributed by atoms with van der Waals surface area (Å²) in [7, 11) is 0. The minimum atomic E-state index is -1.11. The van der Waals surface area contributed by atoms with Crippen LogP contribution in [0.15, 0.2) is 57.9 Å². The summed E-state index contributed by atoms with van der Waals surface area (Å²) in [6, 6.07) is 12.3. The van der Waals surface area contributed by atoms with Crippen LogP contribution in [0.4, 0.5) is 5.69 Å². The molecule has 3 aromatic heterocycles. The second-order valence-corrected chi connectivity index (χ2v) is 7.85. The normalized spacial score (nSPS) is 12.0. The summed E-state index contributed by atoms with van der Waals surface area (Å²) in [5.74, 6) is -0.694. The van der Waals surface area contributed by atoms with Crippen LogP contribution >= 0.6 is 0 Å². The zero-order valence-electron chi connectivity index (χ0n) is 18.3. The standard InChI is InChI=1S/C25H23N3O4/c1-13-11-17(16(4)28-19-9-8-14(2)27-21(19)25(30)31)24-18(12-13)22(29)15(3)23(32-24)20-7-5-6-10-26-20/h5-12,16,28H,1-4H3,(H,30,31)/t16-/m1/s1. The molecule has 4 aromatic rings. The number of nitrogens with zero attached hydrogens (tertiary/aromatic N) is 2. The molecule has 2 N–H and O–H groups in total. The second-order valence-electron chi connectivity index (χ2n) is 7.85. The van der Waals surface area contributed by atoms with Crippen LogP contribution in [0.2, 0.25) is 0 Å². The summed E-state index contributed by atoms with van der Waals surface area (Å²) in [6.07, 6.45) is 1.65. The molecular formula is C25H23N3O4. The van der Waals surface area contributed by atoms with Gasteiger partial charge < -0.3 is 14.8 Å². The van der Waals surface area contributed by atoms with Crippen molar-refractivity contribution in [2.24, 2.45) is 0 Å². The smallest absolute Gasteiger partial charge is 0.356 e. The van der Waals surface area contributed by atoms with E-state index >= 15 is 0 Å². The fraction of sp³-hybridized carbons (Fsp3) is 0.200. The third-order valence-electron chi connectivity index (χ3n) is 5.37. The third kappa shape index (κ3) is 3.85. The first-order valence-electron chi connectivity index (χ1n) is 10.2. The number of aryl methyl sites for hydroxylation is 2. The minimum Gasteiger partial charge on any atom is -0.476 e. The number of rotatable bonds is 5. The molecule has 0 bridgehead atoms. The molecule has 1 aromatic carbocycles. The zero-order chi connectivity index (χ0) is 23.0. The Morgan fingerprint density at radius 3 is 2.59 bits per heavy atom. The van der Waals surface area contributed by atoms with Crippen molar-refractivity contribution in [3.63, 3.8) is 0 Å². The van der Waals surface area contributed by atoms with E-state index in [9.17, 15) is 14.7 Å². The number of aromatic nitrogens is 2. The number of pyridine rings is 2. The van der Waals surface area contributed by atoms with Crippen LogP contribution < -0.4 is 10.7 Å². The van der Waals surface area contributed by atoms with E-state index in [1.54, 1.807) is 44.3 Å². The number of anilines is 1. The monoisotopic (exact) mass is 429 g/mol. The second kappa shape index (κ2) is 8.26. The number of hydrogen-bond acceptors (Lipinski definition) is 6. The number of nitrogens with one attached hydrogen (secondary N) is 1. The van der Waals surface area contributed by atoms with Crippen molar-refractivity contribution < 1.29 is 14.3 Å². The molecule has 0 amide bonds. The van der Waals surface area contributed by atoms with Crippen LogP contribution in [0.25, 0.3) is 22.4 Å². The number of aromatic carboxylic acids is 1. The highest BCUT2D eigenvalue weighted by molar-refractivity contribution is 5.92. The van der Waals surface area contributed by atoms with E-state index in [-0.39, 0.29) is 17.2 Å². The molecule has 0 aliphatic carbocycles. The minimum absolute atomic E-state index is 0.0553. The van der Waals surface area contributed by atoms with Crippen molar-refractivity contribution in [3.05, 3.63) is 87.0 Å². The van der Waals surface area contributed by atoms with Crippen LogP contribution in [0, 0.1) is 20.8 Å². The Morgan fingerprint density at radius 1 is 1.12 bits per heavy atom. The number of carboxylic acid groups (broad SMARTS) is 1. The third-order valence-corrected chi connectivity index (χ3v) is 5.37. The Labute approximate surface area is 184 Å². The van der Waals surface area contributed by atoms with Gasteiger partial charge in [-0.2, -0.15) is 0 Å². The highest BCUT2D eigenvalue weighted by Crippen LogP contribution is 2.32. The number of fused-ring (bicyclic) bond motifs is 1. The maximum absolute atomic E-state index is 13.2. The van der Waals surface area contributed by atoms with E-state index in [0.29, 0.717) is 39.4 Å². The summed E-state index contributed by atoms with van der Waals surface area (Å²) >= 11 is 0. The molecule has 0 saturated heterocycles. The van der Waals surface area contributed by atoms with Gasteiger partial charge >= 0.3 is 5.97 Å². The Morgan fingerprint density at radius 2 is 1.91 bits per heavy atom.